The van der Waals surface area contributed by atoms with Crippen LogP contribution in [-0.2, 0) is 46.9 Å². The molecule has 0 aliphatic heterocycles. The third kappa shape index (κ3) is 5.25. The second-order valence-corrected chi connectivity index (χ2v) is 10.4. The number of methoxy groups -OCH3 is 1. The first-order valence-corrected chi connectivity index (χ1v) is 11.7. The summed E-state index contributed by atoms with van der Waals surface area (Å²) in [5.74, 6) is -3.61. The van der Waals surface area contributed by atoms with Gasteiger partial charge in [0.05, 0.1) is 24.2 Å². The minimum Gasteiger partial charge on any atom is -0.462 e. The molecule has 0 bridgehead atoms. The fourth-order valence-corrected chi connectivity index (χ4v) is 5.31. The van der Waals surface area contributed by atoms with Crippen molar-refractivity contribution in [3.63, 3.8) is 0 Å². The van der Waals surface area contributed by atoms with E-state index in [1.165, 1.54) is 17.8 Å². The van der Waals surface area contributed by atoms with Crippen LogP contribution < -0.4 is 4.57 Å². The molecule has 0 radical (unpaired) electrons. The fraction of sp³-hybridized carbons (Fsp3) is 0.667. The van der Waals surface area contributed by atoms with Crippen LogP contribution in [0.1, 0.15) is 26.7 Å². The summed E-state index contributed by atoms with van der Waals surface area (Å²) < 4.78 is 137. The molecule has 190 valence electrons. The number of hydrogen-bond donors (Lipinski definition) is 0. The van der Waals surface area contributed by atoms with Crippen molar-refractivity contribution in [2.45, 2.75) is 43.2 Å². The van der Waals surface area contributed by atoms with Gasteiger partial charge in [-0.05, 0) is 6.42 Å². The molecule has 33 heavy (non-hydrogen) atoms. The Morgan fingerprint density at radius 2 is 1.55 bits per heavy atom. The van der Waals surface area contributed by atoms with Gasteiger partial charge in [-0.1, -0.05) is 13.3 Å². The second-order valence-electron chi connectivity index (χ2n) is 6.66. The summed E-state index contributed by atoms with van der Waals surface area (Å²) in [6.45, 7) is 1.97. The van der Waals surface area contributed by atoms with Crippen LogP contribution >= 0.6 is 0 Å². The van der Waals surface area contributed by atoms with Crippen molar-refractivity contribution in [3.05, 3.63) is 18.7 Å². The highest BCUT2D eigenvalue weighted by molar-refractivity contribution is 7.98. The minimum atomic E-state index is -7.30. The topological polar surface area (TPSA) is 116 Å². The summed E-state index contributed by atoms with van der Waals surface area (Å²) in [5, 5.41) is 0. The summed E-state index contributed by atoms with van der Waals surface area (Å²) in [4.78, 5) is 12.9. The molecule has 0 aliphatic rings. The van der Waals surface area contributed by atoms with Crippen LogP contribution in [0.4, 0.5) is 26.3 Å². The molecule has 1 aromatic rings. The van der Waals surface area contributed by atoms with E-state index in [1.807, 2.05) is 0 Å². The number of carbonyl (C=O) groups excluding carboxylic acids is 1. The third-order valence-electron chi connectivity index (χ3n) is 4.21. The van der Waals surface area contributed by atoms with E-state index in [2.05, 4.69) is 4.74 Å². The lowest BCUT2D eigenvalue weighted by atomic mass is 10.0. The molecule has 0 fully saturated rings. The van der Waals surface area contributed by atoms with Gasteiger partial charge in [0.1, 0.15) is 12.4 Å². The molecule has 10 nitrogen and oxygen atoms in total. The molecule has 1 heterocycles. The summed E-state index contributed by atoms with van der Waals surface area (Å²) in [7, 11) is -12.8. The molecule has 0 unspecified atom stereocenters. The van der Waals surface area contributed by atoms with E-state index in [9.17, 15) is 48.0 Å². The Morgan fingerprint density at radius 1 is 1.06 bits per heavy atom. The van der Waals surface area contributed by atoms with Gasteiger partial charge >= 0.3 is 48.5 Å². The van der Waals surface area contributed by atoms with Crippen molar-refractivity contribution < 1.29 is 65.4 Å². The van der Waals surface area contributed by atoms with Crippen molar-refractivity contribution in [2.75, 3.05) is 13.7 Å². The zero-order valence-corrected chi connectivity index (χ0v) is 19.3. The molecular formula is C15H21F6N3O7S2+2. The molecule has 0 N–H and O–H groups in total. The number of halogens is 6. The van der Waals surface area contributed by atoms with Crippen LogP contribution in [0, 0.1) is 0 Å². The van der Waals surface area contributed by atoms with Gasteiger partial charge in [-0.25, -0.2) is 13.9 Å². The highest BCUT2D eigenvalue weighted by Crippen LogP contribution is 2.35. The lowest BCUT2D eigenvalue weighted by Gasteiger charge is -2.23. The van der Waals surface area contributed by atoms with Crippen LogP contribution in [0.15, 0.2) is 18.7 Å². The molecule has 1 aromatic heterocycles. The molecule has 0 aliphatic carbocycles. The van der Waals surface area contributed by atoms with E-state index in [4.69, 9.17) is 4.74 Å². The summed E-state index contributed by atoms with van der Waals surface area (Å²) >= 11 is 0. The first-order chi connectivity index (χ1) is 14.8. The largest absolute Gasteiger partial charge is 0.561 e. The molecule has 1 atom stereocenters. The molecule has 0 saturated carbocycles. The zero-order valence-electron chi connectivity index (χ0n) is 17.6. The van der Waals surface area contributed by atoms with E-state index in [0.29, 0.717) is 25.0 Å². The summed E-state index contributed by atoms with van der Waals surface area (Å²) in [6.07, 6.45) is 3.80. The van der Waals surface area contributed by atoms with Crippen LogP contribution in [0.2, 0.25) is 0 Å². The molecule has 0 saturated heterocycles. The number of sulfonamides is 2. The maximum Gasteiger partial charge on any atom is 0.561 e. The Labute approximate surface area is 185 Å². The smallest absolute Gasteiger partial charge is 0.462 e. The molecule has 0 amide bonds. The van der Waals surface area contributed by atoms with E-state index < -0.39 is 51.9 Å². The number of aromatic nitrogens is 2. The Balaban J connectivity index is 4.24. The van der Waals surface area contributed by atoms with Crippen molar-refractivity contribution in [1.29, 1.82) is 0 Å². The van der Waals surface area contributed by atoms with Gasteiger partial charge in [0, 0.05) is 6.92 Å². The fourth-order valence-electron chi connectivity index (χ4n) is 2.45. The van der Waals surface area contributed by atoms with Gasteiger partial charge in [-0.15, -0.1) is 0 Å². The number of ether oxygens (including phenoxy) is 2. The Kier molecular flexibility index (Phi) is 8.23. The lowest BCUT2D eigenvalue weighted by molar-refractivity contribution is -0.671. The number of unbranched alkanes of at least 4 members (excludes halogenated alkanes) is 1. The van der Waals surface area contributed by atoms with Crippen LogP contribution in [0.25, 0.3) is 0 Å². The number of carbonyl (C=O) groups is 1. The zero-order chi connectivity index (χ0) is 26.0. The Bertz CT molecular complexity index is 1080. The number of nitrogens with zero attached hydrogens (tertiary/aromatic N) is 3. The quantitative estimate of drug-likeness (QED) is 0.123. The number of alkyl halides is 6. The predicted molar refractivity (Wildman–Crippen MR) is 97.3 cm³/mol. The van der Waals surface area contributed by atoms with Crippen LogP contribution in [0.5, 0.6) is 0 Å². The second kappa shape index (κ2) is 9.47. The van der Waals surface area contributed by atoms with Gasteiger partial charge < -0.3 is 9.47 Å². The Hall–Kier alpha value is -2.37. The monoisotopic (exact) mass is 533 g/mol. The van der Waals surface area contributed by atoms with Gasteiger partial charge in [-0.2, -0.15) is 43.2 Å². The van der Waals surface area contributed by atoms with Crippen molar-refractivity contribution in [3.8, 4) is 0 Å². The number of hydrogen-bond acceptors (Lipinski definition) is 7. The van der Waals surface area contributed by atoms with Crippen molar-refractivity contribution in [1.82, 2.24) is 4.57 Å². The molecule has 0 aromatic carbocycles. The van der Waals surface area contributed by atoms with E-state index in [1.54, 1.807) is 6.92 Å². The minimum absolute atomic E-state index is 0.231. The average Bonchev–Trinajstić information content (AvgIpc) is 3.10. The van der Waals surface area contributed by atoms with E-state index >= 15 is 0 Å². The third-order valence-corrected chi connectivity index (χ3v) is 7.76. The first kappa shape index (κ1) is 28.7. The SMILES string of the molecule is CCCCOC(=O)[C@@](C)(C(OC)=[N+](S(=O)(=O)C(F)(F)F)S(=O)(=O)C(F)(F)F)n1cc[n+](C)c1. The Morgan fingerprint density at radius 3 is 1.88 bits per heavy atom. The number of imidazole rings is 1. The predicted octanol–water partition coefficient (Wildman–Crippen LogP) is 1.13. The number of aryl methyl sites for hydroxylation is 1. The maximum atomic E-state index is 13.3. The normalized spacial score (nSPS) is 15.0. The highest BCUT2D eigenvalue weighted by Gasteiger charge is 2.72. The van der Waals surface area contributed by atoms with Crippen molar-refractivity contribution in [2.24, 2.45) is 7.05 Å². The van der Waals surface area contributed by atoms with E-state index in [-0.39, 0.29) is 13.0 Å². The van der Waals surface area contributed by atoms with Crippen LogP contribution in [0.3, 0.4) is 0 Å². The van der Waals surface area contributed by atoms with Gasteiger partial charge in [0.2, 0.25) is 6.33 Å². The number of rotatable bonds is 8. The molecule has 18 heteroatoms. The van der Waals surface area contributed by atoms with Crippen LogP contribution in [-0.4, -0.2) is 61.4 Å². The summed E-state index contributed by atoms with van der Waals surface area (Å²) in [5.41, 5.74) is -16.0. The number of esters is 1. The summed E-state index contributed by atoms with van der Waals surface area (Å²) in [6, 6.07) is 0. The first-order valence-electron chi connectivity index (χ1n) is 8.85. The van der Waals surface area contributed by atoms with Gasteiger partial charge in [0.15, 0.2) is 0 Å². The van der Waals surface area contributed by atoms with Gasteiger partial charge in [-0.3, -0.25) is 0 Å². The van der Waals surface area contributed by atoms with Gasteiger partial charge in [0.25, 0.3) is 0 Å². The maximum absolute atomic E-state index is 13.3. The molecular weight excluding hydrogens is 512 g/mol. The van der Waals surface area contributed by atoms with Crippen molar-refractivity contribution >= 4 is 31.9 Å². The van der Waals surface area contributed by atoms with E-state index in [0.717, 1.165) is 12.5 Å². The lowest BCUT2D eigenvalue weighted by Crippen LogP contribution is -2.56. The molecule has 0 spiro atoms. The highest BCUT2D eigenvalue weighted by atomic mass is 32.3. The standard InChI is InChI=1S/C15H21F6N3O7S2/c1-5-6-9-31-12(25)13(2,23-8-7-22(3)10-23)11(30-4)24(32(26,27)14(16,17)18)33(28,29)15(19,20)21/h7-8,10H,5-6,9H2,1-4H3/q+2/t13-/m1/s1. The average molecular weight is 533 g/mol. The molecule has 1 rings (SSSR count).